The van der Waals surface area contributed by atoms with Crippen molar-refractivity contribution in [2.24, 2.45) is 5.92 Å². The zero-order chi connectivity index (χ0) is 19.8. The summed E-state index contributed by atoms with van der Waals surface area (Å²) in [4.78, 5) is 23.7. The second-order valence-electron chi connectivity index (χ2n) is 8.84. The predicted molar refractivity (Wildman–Crippen MR) is 121 cm³/mol. The molecule has 1 saturated heterocycles. The quantitative estimate of drug-likeness (QED) is 0.524. The van der Waals surface area contributed by atoms with Crippen molar-refractivity contribution in [3.63, 3.8) is 0 Å². The van der Waals surface area contributed by atoms with Crippen molar-refractivity contribution in [2.45, 2.75) is 63.1 Å². The van der Waals surface area contributed by atoms with E-state index in [0.717, 1.165) is 85.6 Å². The Morgan fingerprint density at radius 2 is 2.00 bits per heavy atom. The summed E-state index contributed by atoms with van der Waals surface area (Å²) in [5.41, 5.74) is 1.56. The van der Waals surface area contributed by atoms with Gasteiger partial charge in [-0.2, -0.15) is 0 Å². The Morgan fingerprint density at radius 1 is 1.21 bits per heavy atom. The average molecular weight is 434 g/mol. The number of hydrogen-bond donors (Lipinski definition) is 0. The summed E-state index contributed by atoms with van der Waals surface area (Å²) >= 11 is 3.56. The van der Waals surface area contributed by atoms with Crippen molar-refractivity contribution in [3.8, 4) is 0 Å². The molecule has 0 amide bonds. The van der Waals surface area contributed by atoms with E-state index in [9.17, 15) is 4.79 Å². The molecule has 1 unspecified atom stereocenters. The van der Waals surface area contributed by atoms with Crippen LogP contribution in [0.3, 0.4) is 0 Å². The third-order valence-corrected chi connectivity index (χ3v) is 8.84. The van der Waals surface area contributed by atoms with Crippen molar-refractivity contribution in [1.82, 2.24) is 14.5 Å². The van der Waals surface area contributed by atoms with E-state index < -0.39 is 0 Å². The molecule has 1 atom stereocenters. The molecule has 5 rings (SSSR count). The van der Waals surface area contributed by atoms with Crippen LogP contribution < -0.4 is 5.56 Å². The molecule has 2 aromatic heterocycles. The molecule has 29 heavy (non-hydrogen) atoms. The number of hydrogen-bond acceptors (Lipinski definition) is 6. The molecule has 1 saturated carbocycles. The summed E-state index contributed by atoms with van der Waals surface area (Å²) in [6, 6.07) is 0.336. The maximum Gasteiger partial charge on any atom is 0.263 e. The van der Waals surface area contributed by atoms with Gasteiger partial charge < -0.3 is 4.74 Å². The summed E-state index contributed by atoms with van der Waals surface area (Å²) < 4.78 is 7.54. The highest BCUT2D eigenvalue weighted by Crippen LogP contribution is 2.38. The fourth-order valence-corrected chi connectivity index (χ4v) is 7.55. The number of morpholine rings is 1. The van der Waals surface area contributed by atoms with Crippen LogP contribution in [0.1, 0.15) is 55.5 Å². The van der Waals surface area contributed by atoms with Crippen molar-refractivity contribution >= 4 is 33.3 Å². The minimum Gasteiger partial charge on any atom is -0.379 e. The lowest BCUT2D eigenvalue weighted by molar-refractivity contribution is 0.0410. The highest BCUT2D eigenvalue weighted by Gasteiger charge is 2.28. The van der Waals surface area contributed by atoms with Gasteiger partial charge in [-0.3, -0.25) is 14.3 Å². The van der Waals surface area contributed by atoms with Gasteiger partial charge in [-0.25, -0.2) is 4.98 Å². The first kappa shape index (κ1) is 20.0. The Hall–Kier alpha value is -0.890. The molecule has 158 valence electrons. The molecule has 2 aliphatic carbocycles. The van der Waals surface area contributed by atoms with E-state index in [1.165, 1.54) is 29.7 Å². The van der Waals surface area contributed by atoms with Crippen molar-refractivity contribution in [2.75, 3.05) is 38.6 Å². The Kier molecular flexibility index (Phi) is 6.01. The largest absolute Gasteiger partial charge is 0.379 e. The SMILES string of the molecule is CC1CCc2c(sc3nc(SCCN4CCOCC4)n(C4CCCC4)c(=O)c23)C1. The molecule has 0 aromatic carbocycles. The number of fused-ring (bicyclic) bond motifs is 3. The fraction of sp³-hybridized carbons (Fsp3) is 0.727. The molecule has 7 heteroatoms. The Morgan fingerprint density at radius 3 is 2.79 bits per heavy atom. The van der Waals surface area contributed by atoms with Crippen LogP contribution in [0, 0.1) is 5.92 Å². The lowest BCUT2D eigenvalue weighted by Crippen LogP contribution is -2.37. The van der Waals surface area contributed by atoms with Gasteiger partial charge in [-0.05, 0) is 43.6 Å². The Labute approximate surface area is 180 Å². The predicted octanol–water partition coefficient (Wildman–Crippen LogP) is 4.12. The second kappa shape index (κ2) is 8.69. The number of thiophene rings is 1. The normalized spacial score (nSPS) is 23.7. The standard InChI is InChI=1S/C22H31N3O2S2/c1-15-6-7-17-18(14-15)29-20-19(17)21(26)25(16-4-2-3-5-16)22(23-20)28-13-10-24-8-11-27-12-9-24/h15-16H,2-14H2,1H3. The first-order valence-corrected chi connectivity index (χ1v) is 13.0. The van der Waals surface area contributed by atoms with Gasteiger partial charge in [0.1, 0.15) is 4.83 Å². The monoisotopic (exact) mass is 433 g/mol. The molecule has 2 aromatic rings. The number of ether oxygens (including phenoxy) is 1. The van der Waals surface area contributed by atoms with Gasteiger partial charge in [-0.15, -0.1) is 11.3 Å². The number of rotatable bonds is 5. The van der Waals surface area contributed by atoms with E-state index in [1.54, 1.807) is 23.1 Å². The topological polar surface area (TPSA) is 47.4 Å². The molecule has 0 bridgehead atoms. The van der Waals surface area contributed by atoms with E-state index in [1.807, 2.05) is 0 Å². The van der Waals surface area contributed by atoms with Gasteiger partial charge >= 0.3 is 0 Å². The van der Waals surface area contributed by atoms with Crippen LogP contribution in [0.2, 0.25) is 0 Å². The van der Waals surface area contributed by atoms with Crippen LogP contribution in [-0.2, 0) is 17.6 Å². The van der Waals surface area contributed by atoms with Crippen LogP contribution in [0.5, 0.6) is 0 Å². The number of aromatic nitrogens is 2. The number of thioether (sulfide) groups is 1. The highest BCUT2D eigenvalue weighted by atomic mass is 32.2. The summed E-state index contributed by atoms with van der Waals surface area (Å²) in [6.07, 6.45) is 8.04. The maximum absolute atomic E-state index is 13.7. The van der Waals surface area contributed by atoms with Crippen molar-refractivity contribution in [3.05, 3.63) is 20.8 Å². The number of aryl methyl sites for hydroxylation is 1. The molecular formula is C22H31N3O2S2. The van der Waals surface area contributed by atoms with Crippen LogP contribution in [-0.4, -0.2) is 53.1 Å². The van der Waals surface area contributed by atoms with Crippen LogP contribution >= 0.6 is 23.1 Å². The van der Waals surface area contributed by atoms with Gasteiger partial charge in [-0.1, -0.05) is 31.5 Å². The first-order valence-electron chi connectivity index (χ1n) is 11.2. The van der Waals surface area contributed by atoms with Gasteiger partial charge in [0.2, 0.25) is 0 Å². The molecule has 5 nitrogen and oxygen atoms in total. The van der Waals surface area contributed by atoms with Gasteiger partial charge in [0, 0.05) is 36.3 Å². The lowest BCUT2D eigenvalue weighted by atomic mass is 9.89. The summed E-state index contributed by atoms with van der Waals surface area (Å²) in [7, 11) is 0. The Balaban J connectivity index is 1.47. The highest BCUT2D eigenvalue weighted by molar-refractivity contribution is 7.99. The molecule has 3 aliphatic rings. The molecule has 0 radical (unpaired) electrons. The van der Waals surface area contributed by atoms with Gasteiger partial charge in [0.25, 0.3) is 5.56 Å². The summed E-state index contributed by atoms with van der Waals surface area (Å²) in [5.74, 6) is 1.70. The van der Waals surface area contributed by atoms with E-state index >= 15 is 0 Å². The summed E-state index contributed by atoms with van der Waals surface area (Å²) in [6.45, 7) is 7.05. The molecule has 3 heterocycles. The molecule has 0 spiro atoms. The van der Waals surface area contributed by atoms with E-state index in [4.69, 9.17) is 9.72 Å². The van der Waals surface area contributed by atoms with Crippen LogP contribution in [0.4, 0.5) is 0 Å². The van der Waals surface area contributed by atoms with E-state index in [2.05, 4.69) is 16.4 Å². The molecule has 0 N–H and O–H groups in total. The minimum absolute atomic E-state index is 0.239. The van der Waals surface area contributed by atoms with E-state index in [-0.39, 0.29) is 5.56 Å². The van der Waals surface area contributed by atoms with Gasteiger partial charge in [0.05, 0.1) is 18.6 Å². The third-order valence-electron chi connectivity index (χ3n) is 6.76. The summed E-state index contributed by atoms with van der Waals surface area (Å²) in [5, 5.41) is 1.90. The Bertz CT molecular complexity index is 926. The van der Waals surface area contributed by atoms with Crippen LogP contribution in [0.25, 0.3) is 10.2 Å². The molecule has 1 aliphatic heterocycles. The average Bonchev–Trinajstić information content (AvgIpc) is 3.36. The smallest absolute Gasteiger partial charge is 0.263 e. The van der Waals surface area contributed by atoms with Gasteiger partial charge in [0.15, 0.2) is 5.16 Å². The molecular weight excluding hydrogens is 402 g/mol. The third kappa shape index (κ3) is 4.03. The van der Waals surface area contributed by atoms with Crippen LogP contribution in [0.15, 0.2) is 9.95 Å². The fourth-order valence-electron chi connectivity index (χ4n) is 5.06. The first-order chi connectivity index (χ1) is 14.2. The lowest BCUT2D eigenvalue weighted by Gasteiger charge is -2.26. The maximum atomic E-state index is 13.7. The molecule has 2 fully saturated rings. The van der Waals surface area contributed by atoms with Crippen molar-refractivity contribution in [1.29, 1.82) is 0 Å². The van der Waals surface area contributed by atoms with E-state index in [0.29, 0.717) is 6.04 Å². The second-order valence-corrected chi connectivity index (χ2v) is 11.0. The zero-order valence-electron chi connectivity index (χ0n) is 17.3. The van der Waals surface area contributed by atoms with Crippen molar-refractivity contribution < 1.29 is 4.74 Å². The number of nitrogens with zero attached hydrogens (tertiary/aromatic N) is 3. The minimum atomic E-state index is 0.239. The zero-order valence-corrected chi connectivity index (χ0v) is 19.0.